The maximum absolute atomic E-state index is 12.2. The SMILES string of the molecule is Cc1cc(C)c(NC(=O)CC(=O)Nc2ccc(N3CCCCC3)cc2)c(Cl)c1. The van der Waals surface area contributed by atoms with Crippen LogP contribution in [0, 0.1) is 13.8 Å². The fraction of sp³-hybridized carbons (Fsp3) is 0.364. The number of rotatable bonds is 5. The van der Waals surface area contributed by atoms with Crippen molar-refractivity contribution in [3.05, 3.63) is 52.5 Å². The Kier molecular flexibility index (Phi) is 6.57. The summed E-state index contributed by atoms with van der Waals surface area (Å²) in [4.78, 5) is 26.8. The molecule has 0 unspecified atom stereocenters. The lowest BCUT2D eigenvalue weighted by molar-refractivity contribution is -0.123. The van der Waals surface area contributed by atoms with Gasteiger partial charge in [-0.05, 0) is 74.6 Å². The molecular formula is C22H26ClN3O2. The van der Waals surface area contributed by atoms with Gasteiger partial charge in [-0.2, -0.15) is 0 Å². The monoisotopic (exact) mass is 399 g/mol. The zero-order chi connectivity index (χ0) is 20.1. The summed E-state index contributed by atoms with van der Waals surface area (Å²) in [5, 5.41) is 5.98. The van der Waals surface area contributed by atoms with E-state index >= 15 is 0 Å². The maximum atomic E-state index is 12.2. The molecule has 0 aromatic heterocycles. The van der Waals surface area contributed by atoms with Crippen LogP contribution < -0.4 is 15.5 Å². The van der Waals surface area contributed by atoms with Crippen LogP contribution in [0.4, 0.5) is 17.1 Å². The highest BCUT2D eigenvalue weighted by molar-refractivity contribution is 6.34. The van der Waals surface area contributed by atoms with E-state index < -0.39 is 5.91 Å². The Hall–Kier alpha value is -2.53. The highest BCUT2D eigenvalue weighted by Crippen LogP contribution is 2.27. The molecule has 3 rings (SSSR count). The second-order valence-electron chi connectivity index (χ2n) is 7.31. The summed E-state index contributed by atoms with van der Waals surface area (Å²) in [6, 6.07) is 11.5. The van der Waals surface area contributed by atoms with Crippen LogP contribution in [0.25, 0.3) is 0 Å². The van der Waals surface area contributed by atoms with Crippen LogP contribution in [0.15, 0.2) is 36.4 Å². The fourth-order valence-electron chi connectivity index (χ4n) is 3.52. The lowest BCUT2D eigenvalue weighted by atomic mass is 10.1. The van der Waals surface area contributed by atoms with E-state index in [-0.39, 0.29) is 12.3 Å². The van der Waals surface area contributed by atoms with Gasteiger partial charge in [0.15, 0.2) is 0 Å². The van der Waals surface area contributed by atoms with E-state index in [2.05, 4.69) is 15.5 Å². The van der Waals surface area contributed by atoms with Crippen LogP contribution >= 0.6 is 11.6 Å². The zero-order valence-corrected chi connectivity index (χ0v) is 17.1. The molecule has 2 aromatic rings. The molecule has 0 aliphatic carbocycles. The van der Waals surface area contributed by atoms with Crippen molar-refractivity contribution in [3.63, 3.8) is 0 Å². The number of piperidine rings is 1. The Labute approximate surface area is 171 Å². The molecule has 1 heterocycles. The van der Waals surface area contributed by atoms with Gasteiger partial charge >= 0.3 is 0 Å². The molecule has 1 saturated heterocycles. The molecular weight excluding hydrogens is 374 g/mol. The Morgan fingerprint density at radius 3 is 2.25 bits per heavy atom. The molecule has 2 aromatic carbocycles. The van der Waals surface area contributed by atoms with Gasteiger partial charge in [0.1, 0.15) is 6.42 Å². The van der Waals surface area contributed by atoms with Crippen molar-refractivity contribution >= 4 is 40.5 Å². The van der Waals surface area contributed by atoms with Gasteiger partial charge in [0.2, 0.25) is 11.8 Å². The Morgan fingerprint density at radius 2 is 1.61 bits per heavy atom. The molecule has 5 nitrogen and oxygen atoms in total. The van der Waals surface area contributed by atoms with Crippen molar-refractivity contribution in [3.8, 4) is 0 Å². The van der Waals surface area contributed by atoms with Gasteiger partial charge < -0.3 is 15.5 Å². The van der Waals surface area contributed by atoms with Gasteiger partial charge in [-0.1, -0.05) is 17.7 Å². The van der Waals surface area contributed by atoms with Gasteiger partial charge in [0, 0.05) is 24.5 Å². The highest BCUT2D eigenvalue weighted by Gasteiger charge is 2.14. The molecule has 1 aliphatic rings. The molecule has 148 valence electrons. The molecule has 1 aliphatic heterocycles. The summed E-state index contributed by atoms with van der Waals surface area (Å²) in [7, 11) is 0. The number of hydrogen-bond donors (Lipinski definition) is 2. The smallest absolute Gasteiger partial charge is 0.233 e. The van der Waals surface area contributed by atoms with Crippen molar-refractivity contribution in [1.29, 1.82) is 0 Å². The van der Waals surface area contributed by atoms with Gasteiger partial charge in [0.05, 0.1) is 10.7 Å². The number of nitrogens with zero attached hydrogens (tertiary/aromatic N) is 1. The third kappa shape index (κ3) is 5.26. The van der Waals surface area contributed by atoms with Crippen LogP contribution in [0.1, 0.15) is 36.8 Å². The fourth-order valence-corrected chi connectivity index (χ4v) is 3.88. The number of aryl methyl sites for hydroxylation is 2. The van der Waals surface area contributed by atoms with Crippen molar-refractivity contribution in [2.45, 2.75) is 39.5 Å². The van der Waals surface area contributed by atoms with Crippen LogP contribution in [-0.2, 0) is 9.59 Å². The van der Waals surface area contributed by atoms with E-state index in [9.17, 15) is 9.59 Å². The molecule has 6 heteroatoms. The summed E-state index contributed by atoms with van der Waals surface area (Å²) < 4.78 is 0. The first kappa shape index (κ1) is 20.2. The summed E-state index contributed by atoms with van der Waals surface area (Å²) in [6.07, 6.45) is 3.47. The van der Waals surface area contributed by atoms with Crippen LogP contribution in [0.2, 0.25) is 5.02 Å². The average Bonchev–Trinajstić information content (AvgIpc) is 2.66. The number of halogens is 1. The number of hydrogen-bond acceptors (Lipinski definition) is 3. The molecule has 0 saturated carbocycles. The molecule has 2 amide bonds. The Balaban J connectivity index is 1.54. The number of benzene rings is 2. The third-order valence-corrected chi connectivity index (χ3v) is 5.19. The number of anilines is 3. The normalized spacial score (nSPS) is 13.9. The first-order valence-corrected chi connectivity index (χ1v) is 10.0. The molecule has 0 radical (unpaired) electrons. The number of carbonyl (C=O) groups is 2. The van der Waals surface area contributed by atoms with Gasteiger partial charge in [0.25, 0.3) is 0 Å². The minimum atomic E-state index is -0.392. The minimum absolute atomic E-state index is 0.266. The van der Waals surface area contributed by atoms with Crippen LogP contribution in [0.5, 0.6) is 0 Å². The molecule has 2 N–H and O–H groups in total. The van der Waals surface area contributed by atoms with Crippen molar-refractivity contribution < 1.29 is 9.59 Å². The van der Waals surface area contributed by atoms with Crippen molar-refractivity contribution in [2.75, 3.05) is 28.6 Å². The van der Waals surface area contributed by atoms with Crippen LogP contribution in [0.3, 0.4) is 0 Å². The zero-order valence-electron chi connectivity index (χ0n) is 16.3. The Morgan fingerprint density at radius 1 is 0.964 bits per heavy atom. The predicted molar refractivity (Wildman–Crippen MR) is 115 cm³/mol. The van der Waals surface area contributed by atoms with E-state index in [0.29, 0.717) is 16.4 Å². The topological polar surface area (TPSA) is 61.4 Å². The first-order valence-electron chi connectivity index (χ1n) is 9.64. The molecule has 0 atom stereocenters. The highest BCUT2D eigenvalue weighted by atomic mass is 35.5. The molecule has 28 heavy (non-hydrogen) atoms. The van der Waals surface area contributed by atoms with E-state index in [1.807, 2.05) is 44.2 Å². The standard InChI is InChI=1S/C22H26ClN3O2/c1-15-12-16(2)22(19(23)13-15)25-21(28)14-20(27)24-17-6-8-18(9-7-17)26-10-4-3-5-11-26/h6-9,12-13H,3-5,10-11,14H2,1-2H3,(H,24,27)(H,25,28). The number of nitrogens with one attached hydrogen (secondary N) is 2. The second-order valence-corrected chi connectivity index (χ2v) is 7.71. The maximum Gasteiger partial charge on any atom is 0.233 e. The molecule has 0 bridgehead atoms. The number of amides is 2. The molecule has 0 spiro atoms. The summed E-state index contributed by atoms with van der Waals surface area (Å²) in [5.41, 5.74) is 4.29. The second kappa shape index (κ2) is 9.11. The summed E-state index contributed by atoms with van der Waals surface area (Å²) in [5.74, 6) is -0.750. The van der Waals surface area contributed by atoms with E-state index in [1.165, 1.54) is 24.9 Å². The number of carbonyl (C=O) groups excluding carboxylic acids is 2. The summed E-state index contributed by atoms with van der Waals surface area (Å²) >= 11 is 6.20. The molecule has 1 fully saturated rings. The lowest BCUT2D eigenvalue weighted by Crippen LogP contribution is -2.29. The van der Waals surface area contributed by atoms with Crippen molar-refractivity contribution in [1.82, 2.24) is 0 Å². The average molecular weight is 400 g/mol. The quantitative estimate of drug-likeness (QED) is 0.702. The van der Waals surface area contributed by atoms with E-state index in [1.54, 1.807) is 6.07 Å². The largest absolute Gasteiger partial charge is 0.372 e. The first-order chi connectivity index (χ1) is 13.4. The lowest BCUT2D eigenvalue weighted by Gasteiger charge is -2.28. The minimum Gasteiger partial charge on any atom is -0.372 e. The van der Waals surface area contributed by atoms with Gasteiger partial charge in [-0.15, -0.1) is 0 Å². The van der Waals surface area contributed by atoms with E-state index in [0.717, 1.165) is 24.2 Å². The third-order valence-electron chi connectivity index (χ3n) is 4.89. The van der Waals surface area contributed by atoms with E-state index in [4.69, 9.17) is 11.6 Å². The predicted octanol–water partition coefficient (Wildman–Crippen LogP) is 4.91. The van der Waals surface area contributed by atoms with Gasteiger partial charge in [-0.25, -0.2) is 0 Å². The van der Waals surface area contributed by atoms with Crippen molar-refractivity contribution in [2.24, 2.45) is 0 Å². The van der Waals surface area contributed by atoms with Gasteiger partial charge in [-0.3, -0.25) is 9.59 Å². The van der Waals surface area contributed by atoms with Crippen LogP contribution in [-0.4, -0.2) is 24.9 Å². The summed E-state index contributed by atoms with van der Waals surface area (Å²) in [6.45, 7) is 5.96. The Bertz CT molecular complexity index is 836.